The van der Waals surface area contributed by atoms with Crippen LogP contribution in [0.4, 0.5) is 5.69 Å². The second kappa shape index (κ2) is 5.92. The molecule has 0 atom stereocenters. The van der Waals surface area contributed by atoms with Crippen LogP contribution in [0.25, 0.3) is 5.69 Å². The molecule has 2 aromatic rings. The minimum absolute atomic E-state index is 0.112. The number of ether oxygens (including phenoxy) is 1. The van der Waals surface area contributed by atoms with Crippen molar-refractivity contribution >= 4 is 23.3 Å². The molecule has 8 heteroatoms. The molecular formula is C13H12ClN3O4. The average Bonchev–Trinajstić information content (AvgIpc) is 2.81. The molecule has 0 aliphatic carbocycles. The summed E-state index contributed by atoms with van der Waals surface area (Å²) in [5.74, 6) is -0.530. The maximum Gasteiger partial charge on any atom is 0.358 e. The first kappa shape index (κ1) is 15.0. The summed E-state index contributed by atoms with van der Waals surface area (Å²) in [5.41, 5.74) is 1.16. The van der Waals surface area contributed by atoms with Crippen LogP contribution in [0.15, 0.2) is 24.3 Å². The van der Waals surface area contributed by atoms with Gasteiger partial charge in [0.15, 0.2) is 5.69 Å². The number of hydrogen-bond donors (Lipinski definition) is 0. The summed E-state index contributed by atoms with van der Waals surface area (Å²) in [5, 5.41) is 15.0. The van der Waals surface area contributed by atoms with Crippen LogP contribution >= 0.6 is 11.6 Å². The van der Waals surface area contributed by atoms with Gasteiger partial charge in [-0.1, -0.05) is 11.6 Å². The van der Waals surface area contributed by atoms with Gasteiger partial charge in [-0.2, -0.15) is 5.10 Å². The van der Waals surface area contributed by atoms with E-state index in [0.717, 1.165) is 0 Å². The van der Waals surface area contributed by atoms with Gasteiger partial charge in [-0.25, -0.2) is 9.48 Å². The van der Waals surface area contributed by atoms with E-state index in [1.807, 2.05) is 0 Å². The van der Waals surface area contributed by atoms with Crippen molar-refractivity contribution in [1.29, 1.82) is 0 Å². The van der Waals surface area contributed by atoms with Crippen molar-refractivity contribution < 1.29 is 14.5 Å². The Bertz CT molecular complexity index is 711. The quantitative estimate of drug-likeness (QED) is 0.492. The number of aromatic nitrogens is 2. The lowest BCUT2D eigenvalue weighted by Crippen LogP contribution is -2.07. The molecule has 0 radical (unpaired) electrons. The third-order valence-corrected chi connectivity index (χ3v) is 3.05. The summed E-state index contributed by atoms with van der Waals surface area (Å²) in [6, 6.07) is 5.61. The fourth-order valence-corrected chi connectivity index (χ4v) is 2.06. The summed E-state index contributed by atoms with van der Waals surface area (Å²) >= 11 is 6.05. The number of carbonyl (C=O) groups is 1. The van der Waals surface area contributed by atoms with Crippen LogP contribution in [0.1, 0.15) is 23.1 Å². The number of nitro benzene ring substituents is 1. The lowest BCUT2D eigenvalue weighted by atomic mass is 10.3. The Labute approximate surface area is 125 Å². The molecule has 0 saturated heterocycles. The maximum absolute atomic E-state index is 11.6. The van der Waals surface area contributed by atoms with E-state index in [9.17, 15) is 14.9 Å². The molecule has 0 bridgehead atoms. The lowest BCUT2D eigenvalue weighted by Gasteiger charge is -2.06. The summed E-state index contributed by atoms with van der Waals surface area (Å²) < 4.78 is 6.32. The van der Waals surface area contributed by atoms with Crippen LogP contribution in [0.3, 0.4) is 0 Å². The van der Waals surface area contributed by atoms with E-state index < -0.39 is 10.9 Å². The number of nitro groups is 1. The number of aryl methyl sites for hydroxylation is 1. The van der Waals surface area contributed by atoms with Gasteiger partial charge in [0.25, 0.3) is 5.69 Å². The molecular weight excluding hydrogens is 298 g/mol. The Kier molecular flexibility index (Phi) is 4.23. The smallest absolute Gasteiger partial charge is 0.358 e. The normalized spacial score (nSPS) is 10.4. The number of hydrogen-bond acceptors (Lipinski definition) is 5. The standard InChI is InChI=1S/C13H12ClN3O4/c1-3-21-13(18)11-6-8(2)16(15-11)12-5-4-9(17(19)20)7-10(12)14/h4-7H,3H2,1-2H3. The van der Waals surface area contributed by atoms with Gasteiger partial charge < -0.3 is 4.74 Å². The molecule has 0 unspecified atom stereocenters. The van der Waals surface area contributed by atoms with Gasteiger partial charge in [-0.15, -0.1) is 0 Å². The first-order valence-corrected chi connectivity index (χ1v) is 6.50. The summed E-state index contributed by atoms with van der Waals surface area (Å²) in [4.78, 5) is 21.8. The molecule has 1 aromatic heterocycles. The van der Waals surface area contributed by atoms with E-state index >= 15 is 0 Å². The molecule has 110 valence electrons. The summed E-state index contributed by atoms with van der Waals surface area (Å²) in [7, 11) is 0. The van der Waals surface area contributed by atoms with Crippen molar-refractivity contribution in [1.82, 2.24) is 9.78 Å². The predicted molar refractivity (Wildman–Crippen MR) is 75.9 cm³/mol. The van der Waals surface area contributed by atoms with Crippen LogP contribution in [0, 0.1) is 17.0 Å². The number of rotatable bonds is 4. The van der Waals surface area contributed by atoms with Crippen molar-refractivity contribution in [2.24, 2.45) is 0 Å². The number of carbonyl (C=O) groups excluding carboxylic acids is 1. The number of esters is 1. The Morgan fingerprint density at radius 1 is 1.48 bits per heavy atom. The monoisotopic (exact) mass is 309 g/mol. The highest BCUT2D eigenvalue weighted by Crippen LogP contribution is 2.26. The van der Waals surface area contributed by atoms with E-state index in [-0.39, 0.29) is 23.0 Å². The molecule has 1 heterocycles. The van der Waals surface area contributed by atoms with Gasteiger partial charge in [0.05, 0.1) is 22.2 Å². The highest BCUT2D eigenvalue weighted by atomic mass is 35.5. The molecule has 21 heavy (non-hydrogen) atoms. The van der Waals surface area contributed by atoms with E-state index in [2.05, 4.69) is 5.10 Å². The zero-order valence-electron chi connectivity index (χ0n) is 11.4. The maximum atomic E-state index is 11.6. The third kappa shape index (κ3) is 3.03. The van der Waals surface area contributed by atoms with Gasteiger partial charge in [-0.3, -0.25) is 10.1 Å². The van der Waals surface area contributed by atoms with Crippen LogP contribution < -0.4 is 0 Å². The zero-order valence-corrected chi connectivity index (χ0v) is 12.1. The largest absolute Gasteiger partial charge is 0.461 e. The first-order chi connectivity index (χ1) is 9.93. The van der Waals surface area contributed by atoms with Gasteiger partial charge in [0.2, 0.25) is 0 Å². The van der Waals surface area contributed by atoms with Crippen LogP contribution in [0.2, 0.25) is 5.02 Å². The van der Waals surface area contributed by atoms with Gasteiger partial charge >= 0.3 is 5.97 Å². The molecule has 0 aliphatic heterocycles. The van der Waals surface area contributed by atoms with Crippen LogP contribution in [-0.2, 0) is 4.74 Å². The van der Waals surface area contributed by atoms with E-state index in [0.29, 0.717) is 11.4 Å². The van der Waals surface area contributed by atoms with Gasteiger partial charge in [0, 0.05) is 17.8 Å². The molecule has 0 fully saturated rings. The Balaban J connectivity index is 2.43. The fraction of sp³-hybridized carbons (Fsp3) is 0.231. The highest BCUT2D eigenvalue weighted by molar-refractivity contribution is 6.32. The van der Waals surface area contributed by atoms with Crippen molar-refractivity contribution in [3.05, 3.63) is 50.8 Å². The molecule has 0 saturated carbocycles. The van der Waals surface area contributed by atoms with Crippen LogP contribution in [-0.4, -0.2) is 27.3 Å². The van der Waals surface area contributed by atoms with E-state index in [4.69, 9.17) is 16.3 Å². The number of halogens is 1. The minimum atomic E-state index is -0.532. The Hall–Kier alpha value is -2.41. The summed E-state index contributed by atoms with van der Waals surface area (Å²) in [6.07, 6.45) is 0. The van der Waals surface area contributed by atoms with E-state index in [1.165, 1.54) is 22.9 Å². The molecule has 0 spiro atoms. The lowest BCUT2D eigenvalue weighted by molar-refractivity contribution is -0.384. The molecule has 7 nitrogen and oxygen atoms in total. The zero-order chi connectivity index (χ0) is 15.6. The Morgan fingerprint density at radius 2 is 2.19 bits per heavy atom. The Morgan fingerprint density at radius 3 is 2.76 bits per heavy atom. The second-order valence-electron chi connectivity index (χ2n) is 4.20. The van der Waals surface area contributed by atoms with Crippen molar-refractivity contribution in [2.45, 2.75) is 13.8 Å². The fourth-order valence-electron chi connectivity index (χ4n) is 1.80. The summed E-state index contributed by atoms with van der Waals surface area (Å²) in [6.45, 7) is 3.70. The molecule has 0 aliphatic rings. The number of non-ortho nitro benzene ring substituents is 1. The first-order valence-electron chi connectivity index (χ1n) is 6.12. The topological polar surface area (TPSA) is 87.3 Å². The average molecular weight is 310 g/mol. The second-order valence-corrected chi connectivity index (χ2v) is 4.60. The van der Waals surface area contributed by atoms with E-state index in [1.54, 1.807) is 19.9 Å². The van der Waals surface area contributed by atoms with Crippen molar-refractivity contribution in [3.63, 3.8) is 0 Å². The van der Waals surface area contributed by atoms with Gasteiger partial charge in [-0.05, 0) is 26.0 Å². The molecule has 0 amide bonds. The number of nitrogens with zero attached hydrogens (tertiary/aromatic N) is 3. The van der Waals surface area contributed by atoms with Crippen molar-refractivity contribution in [3.8, 4) is 5.69 Å². The van der Waals surface area contributed by atoms with Crippen LogP contribution in [0.5, 0.6) is 0 Å². The third-order valence-electron chi connectivity index (χ3n) is 2.74. The number of benzene rings is 1. The highest BCUT2D eigenvalue weighted by Gasteiger charge is 2.17. The van der Waals surface area contributed by atoms with Crippen molar-refractivity contribution in [2.75, 3.05) is 6.61 Å². The SMILES string of the molecule is CCOC(=O)c1cc(C)n(-c2ccc([N+](=O)[O-])cc2Cl)n1. The predicted octanol–water partition coefficient (Wildman–Crippen LogP) is 2.92. The molecule has 1 aromatic carbocycles. The molecule has 2 rings (SSSR count). The molecule has 0 N–H and O–H groups in total. The minimum Gasteiger partial charge on any atom is -0.461 e. The van der Waals surface area contributed by atoms with Gasteiger partial charge in [0.1, 0.15) is 0 Å².